The van der Waals surface area contributed by atoms with E-state index in [0.29, 0.717) is 0 Å². The second kappa shape index (κ2) is 23.2. The Balaban J connectivity index is -0.0000000910. The van der Waals surface area contributed by atoms with E-state index in [2.05, 4.69) is 25.0 Å². The molecule has 0 unspecified atom stereocenters. The van der Waals surface area contributed by atoms with Gasteiger partial charge in [0.05, 0.1) is 0 Å². The summed E-state index contributed by atoms with van der Waals surface area (Å²) in [6.07, 6.45) is 3.32. The standard InChI is InChI=1S/C4H9.C2O3.W/c1-3-4-2;3-1-5-2-4;/h3H,4H2,1-2H3;;/q-1;-2;. The van der Waals surface area contributed by atoms with Gasteiger partial charge in [-0.25, -0.2) is 0 Å². The molecule has 60 valence electrons. The Hall–Kier alpha value is -0.172. The third-order valence-corrected chi connectivity index (χ3v) is 0.492. The third kappa shape index (κ3) is 45.6. The van der Waals surface area contributed by atoms with E-state index in [1.54, 1.807) is 0 Å². The number of carbonyl (C=O) groups excluding carboxylic acids is 2. The molecule has 0 fully saturated rings. The Morgan fingerprint density at radius 2 is 1.70 bits per heavy atom. The van der Waals surface area contributed by atoms with Crippen molar-refractivity contribution in [3.05, 3.63) is 6.42 Å². The molecule has 0 amide bonds. The van der Waals surface area contributed by atoms with Gasteiger partial charge in [-0.15, -0.1) is 12.9 Å². The van der Waals surface area contributed by atoms with Crippen LogP contribution >= 0.6 is 0 Å². The summed E-state index contributed by atoms with van der Waals surface area (Å²) in [4.78, 5) is 17.6. The van der Waals surface area contributed by atoms with E-state index in [1.807, 2.05) is 0 Å². The van der Waals surface area contributed by atoms with Gasteiger partial charge in [0.25, 0.3) is 0 Å². The topological polar surface area (TPSA) is 43.4 Å². The minimum Gasteiger partial charge on any atom is -0.783 e. The first kappa shape index (κ1) is 16.4. The summed E-state index contributed by atoms with van der Waals surface area (Å²) in [5.74, 6) is 0. The molecule has 0 aliphatic carbocycles. The number of hydrogen-bond donors (Lipinski definition) is 0. The molecule has 0 aromatic heterocycles. The number of ether oxygens (including phenoxy) is 1. The largest absolute Gasteiger partial charge is 0.783 e. The van der Waals surface area contributed by atoms with Crippen LogP contribution in [0.4, 0.5) is 0 Å². The van der Waals surface area contributed by atoms with Crippen LogP contribution in [0.5, 0.6) is 0 Å². The summed E-state index contributed by atoms with van der Waals surface area (Å²) >= 11 is 0. The molecule has 0 aromatic carbocycles. The first-order chi connectivity index (χ1) is 4.33. The molecule has 0 bridgehead atoms. The molecule has 0 heterocycles. The fourth-order valence-electron chi connectivity index (χ4n) is 0.0170. The molecule has 0 N–H and O–H groups in total. The fourth-order valence-corrected chi connectivity index (χ4v) is 0.0170. The van der Waals surface area contributed by atoms with Crippen molar-refractivity contribution in [1.29, 1.82) is 0 Å². The van der Waals surface area contributed by atoms with Gasteiger partial charge in [-0.3, -0.25) is 0 Å². The molecule has 0 saturated carbocycles. The quantitative estimate of drug-likeness (QED) is 0.571. The Morgan fingerprint density at radius 3 is 1.70 bits per heavy atom. The molecule has 0 aliphatic rings. The van der Waals surface area contributed by atoms with Crippen molar-refractivity contribution in [3.63, 3.8) is 0 Å². The third-order valence-electron chi connectivity index (χ3n) is 0.492. The first-order valence-corrected chi connectivity index (χ1v) is 2.51. The predicted molar refractivity (Wildman–Crippen MR) is 32.7 cm³/mol. The van der Waals surface area contributed by atoms with E-state index < -0.39 is 0 Å². The second-order valence-corrected chi connectivity index (χ2v) is 1.09. The minimum atomic E-state index is 0. The average molecular weight is 313 g/mol. The maximum atomic E-state index is 8.80. The number of unbranched alkanes of at least 4 members (excludes halogenated alkanes) is 1. The molecule has 3 nitrogen and oxygen atoms in total. The van der Waals surface area contributed by atoms with Gasteiger partial charge in [0, 0.05) is 21.1 Å². The van der Waals surface area contributed by atoms with Crippen molar-refractivity contribution in [2.24, 2.45) is 0 Å². The van der Waals surface area contributed by atoms with Crippen molar-refractivity contribution in [1.82, 2.24) is 0 Å². The van der Waals surface area contributed by atoms with E-state index >= 15 is 0 Å². The van der Waals surface area contributed by atoms with Crippen LogP contribution in [0.25, 0.3) is 0 Å². The van der Waals surface area contributed by atoms with Crippen LogP contribution in [-0.2, 0) is 35.4 Å². The Morgan fingerprint density at radius 1 is 1.40 bits per heavy atom. The Labute approximate surface area is 75.4 Å². The predicted octanol–water partition coefficient (Wildman–Crippen LogP) is 0.755. The van der Waals surface area contributed by atoms with Crippen LogP contribution < -0.4 is 0 Å². The molecule has 0 atom stereocenters. The molecular formula is C6H9O3W-3. The smallest absolute Gasteiger partial charge is 0 e. The van der Waals surface area contributed by atoms with Gasteiger partial charge in [-0.05, 0) is 0 Å². The molecule has 0 aromatic rings. The first-order valence-electron chi connectivity index (χ1n) is 2.51. The molecule has 0 rings (SSSR count). The van der Waals surface area contributed by atoms with Crippen molar-refractivity contribution in [2.75, 3.05) is 0 Å². The van der Waals surface area contributed by atoms with E-state index in [0.717, 1.165) is 12.9 Å². The molecule has 0 saturated heterocycles. The SMILES string of the molecule is C[CH-]CC.O=[C-]O[C-]=O.[W]. The number of hydrogen-bond acceptors (Lipinski definition) is 3. The summed E-state index contributed by atoms with van der Waals surface area (Å²) in [5, 5.41) is 0. The second-order valence-electron chi connectivity index (χ2n) is 1.09. The van der Waals surface area contributed by atoms with Gasteiger partial charge in [-0.2, -0.15) is 13.3 Å². The molecular weight excluding hydrogens is 304 g/mol. The van der Waals surface area contributed by atoms with Crippen molar-refractivity contribution < 1.29 is 35.4 Å². The molecule has 4 heteroatoms. The fraction of sp³-hybridized carbons (Fsp3) is 0.500. The van der Waals surface area contributed by atoms with Crippen molar-refractivity contribution in [2.45, 2.75) is 20.3 Å². The van der Waals surface area contributed by atoms with Crippen molar-refractivity contribution in [3.8, 4) is 0 Å². The van der Waals surface area contributed by atoms with Crippen LogP contribution in [0.15, 0.2) is 0 Å². The Kier molecular flexibility index (Phi) is 38.1. The van der Waals surface area contributed by atoms with Crippen LogP contribution in [0.1, 0.15) is 20.3 Å². The van der Waals surface area contributed by atoms with Gasteiger partial charge in [-0.1, -0.05) is 6.92 Å². The summed E-state index contributed by atoms with van der Waals surface area (Å²) in [5.41, 5.74) is 0. The maximum absolute atomic E-state index is 8.80. The molecule has 0 radical (unpaired) electrons. The summed E-state index contributed by atoms with van der Waals surface area (Å²) in [6, 6.07) is 0. The summed E-state index contributed by atoms with van der Waals surface area (Å²) in [7, 11) is 0. The summed E-state index contributed by atoms with van der Waals surface area (Å²) in [6.45, 7) is 5.87. The molecule has 0 aliphatic heterocycles. The zero-order chi connectivity index (χ0) is 7.54. The maximum Gasteiger partial charge on any atom is 0 e. The van der Waals surface area contributed by atoms with Crippen LogP contribution in [0.2, 0.25) is 0 Å². The van der Waals surface area contributed by atoms with Crippen LogP contribution in [-0.4, -0.2) is 12.9 Å². The normalized spacial score (nSPS) is 5.80. The summed E-state index contributed by atoms with van der Waals surface area (Å²) < 4.78 is 3.22. The average Bonchev–Trinajstić information content (AvgIpc) is 1.91. The minimum absolute atomic E-state index is 0. The van der Waals surface area contributed by atoms with E-state index in [4.69, 9.17) is 9.59 Å². The van der Waals surface area contributed by atoms with E-state index in [9.17, 15) is 0 Å². The van der Waals surface area contributed by atoms with Gasteiger partial charge in [0.2, 0.25) is 0 Å². The van der Waals surface area contributed by atoms with Crippen LogP contribution in [0.3, 0.4) is 0 Å². The Bertz CT molecular complexity index is 58.0. The molecule has 0 spiro atoms. The zero-order valence-electron chi connectivity index (χ0n) is 5.92. The molecule has 10 heavy (non-hydrogen) atoms. The van der Waals surface area contributed by atoms with Gasteiger partial charge in [0.1, 0.15) is 0 Å². The van der Waals surface area contributed by atoms with Gasteiger partial charge >= 0.3 is 0 Å². The van der Waals surface area contributed by atoms with Crippen molar-refractivity contribution >= 4 is 12.9 Å². The zero-order valence-corrected chi connectivity index (χ0v) is 8.85. The number of rotatable bonds is 3. The van der Waals surface area contributed by atoms with Gasteiger partial charge in [0.15, 0.2) is 0 Å². The van der Waals surface area contributed by atoms with Gasteiger partial charge < -0.3 is 20.7 Å². The van der Waals surface area contributed by atoms with Crippen LogP contribution in [0, 0.1) is 6.42 Å². The van der Waals surface area contributed by atoms with E-state index in [1.165, 1.54) is 6.42 Å². The van der Waals surface area contributed by atoms with E-state index in [-0.39, 0.29) is 21.1 Å². The monoisotopic (exact) mass is 313 g/mol.